The van der Waals surface area contributed by atoms with Crippen molar-refractivity contribution in [2.75, 3.05) is 44.3 Å². The van der Waals surface area contributed by atoms with Crippen molar-refractivity contribution in [1.82, 2.24) is 10.2 Å². The number of amides is 1. The summed E-state index contributed by atoms with van der Waals surface area (Å²) in [6.07, 6.45) is 0.464. The summed E-state index contributed by atoms with van der Waals surface area (Å²) in [5.41, 5.74) is 0.931. The van der Waals surface area contributed by atoms with Gasteiger partial charge in [0.15, 0.2) is 9.84 Å². The quantitative estimate of drug-likeness (QED) is 0.787. The molecule has 0 aliphatic carbocycles. The molecule has 144 valence electrons. The lowest BCUT2D eigenvalue weighted by atomic mass is 10.1. The lowest BCUT2D eigenvalue weighted by molar-refractivity contribution is -0.124. The summed E-state index contributed by atoms with van der Waals surface area (Å²) in [5.74, 6) is 0.328. The molecule has 2 unspecified atom stereocenters. The summed E-state index contributed by atoms with van der Waals surface area (Å²) in [6, 6.07) is 5.41. The second-order valence-electron chi connectivity index (χ2n) is 6.84. The molecule has 2 heterocycles. The topological polar surface area (TPSA) is 75.7 Å². The number of nitrogens with one attached hydrogen (secondary N) is 1. The van der Waals surface area contributed by atoms with Gasteiger partial charge in [0, 0.05) is 19.6 Å². The van der Waals surface area contributed by atoms with Crippen LogP contribution in [0.25, 0.3) is 0 Å². The van der Waals surface area contributed by atoms with Crippen molar-refractivity contribution >= 4 is 38.9 Å². The molecular formula is C17H22Cl2N2O4S. The lowest BCUT2D eigenvalue weighted by Gasteiger charge is -2.32. The molecule has 1 aromatic rings. The van der Waals surface area contributed by atoms with E-state index in [9.17, 15) is 13.2 Å². The minimum atomic E-state index is -2.91. The molecule has 2 atom stereocenters. The van der Waals surface area contributed by atoms with Gasteiger partial charge in [-0.1, -0.05) is 29.3 Å². The van der Waals surface area contributed by atoms with E-state index < -0.39 is 9.84 Å². The molecule has 0 spiro atoms. The Morgan fingerprint density at radius 3 is 2.81 bits per heavy atom. The van der Waals surface area contributed by atoms with E-state index in [-0.39, 0.29) is 36.0 Å². The molecule has 2 aliphatic rings. The van der Waals surface area contributed by atoms with Crippen LogP contribution in [0.5, 0.6) is 0 Å². The molecule has 3 rings (SSSR count). The minimum absolute atomic E-state index is 0.0256. The predicted octanol–water partition coefficient (Wildman–Crippen LogP) is 1.92. The fourth-order valence-electron chi connectivity index (χ4n) is 3.31. The van der Waals surface area contributed by atoms with Crippen LogP contribution in [0.4, 0.5) is 0 Å². The Kier molecular flexibility index (Phi) is 6.45. The number of carbonyl (C=O) groups excluding carboxylic acids is 1. The van der Waals surface area contributed by atoms with E-state index in [1.807, 2.05) is 11.0 Å². The van der Waals surface area contributed by atoms with Crippen molar-refractivity contribution in [2.24, 2.45) is 5.92 Å². The summed E-state index contributed by atoms with van der Waals surface area (Å²) >= 11 is 12.0. The summed E-state index contributed by atoms with van der Waals surface area (Å²) in [6.45, 7) is 2.46. The van der Waals surface area contributed by atoms with Crippen LogP contribution in [-0.2, 0) is 19.4 Å². The highest BCUT2D eigenvalue weighted by atomic mass is 35.5. The van der Waals surface area contributed by atoms with Crippen molar-refractivity contribution in [3.63, 3.8) is 0 Å². The van der Waals surface area contributed by atoms with Gasteiger partial charge < -0.3 is 10.1 Å². The first-order chi connectivity index (χ1) is 12.3. The second-order valence-corrected chi connectivity index (χ2v) is 9.88. The van der Waals surface area contributed by atoms with Crippen LogP contribution in [0.2, 0.25) is 10.0 Å². The zero-order valence-electron chi connectivity index (χ0n) is 14.3. The van der Waals surface area contributed by atoms with Crippen LogP contribution in [0.1, 0.15) is 18.1 Å². The molecule has 1 amide bonds. The number of benzene rings is 1. The number of ether oxygens (including phenoxy) is 1. The van der Waals surface area contributed by atoms with Crippen LogP contribution in [0.15, 0.2) is 18.2 Å². The van der Waals surface area contributed by atoms with Gasteiger partial charge in [0.2, 0.25) is 5.91 Å². The molecule has 6 nitrogen and oxygen atoms in total. The normalized spacial score (nSPS) is 25.9. The number of hydrogen-bond donors (Lipinski definition) is 1. The van der Waals surface area contributed by atoms with Gasteiger partial charge in [-0.25, -0.2) is 8.42 Å². The summed E-state index contributed by atoms with van der Waals surface area (Å²) in [4.78, 5) is 14.2. The Morgan fingerprint density at radius 2 is 2.12 bits per heavy atom. The van der Waals surface area contributed by atoms with Gasteiger partial charge in [0.25, 0.3) is 0 Å². The fraction of sp³-hybridized carbons (Fsp3) is 0.588. The summed E-state index contributed by atoms with van der Waals surface area (Å²) < 4.78 is 28.7. The first kappa shape index (κ1) is 19.9. The molecule has 0 bridgehead atoms. The molecule has 2 aliphatic heterocycles. The number of rotatable bonds is 5. The Labute approximate surface area is 163 Å². The number of morpholine rings is 1. The Hall–Kier alpha value is -0.860. The van der Waals surface area contributed by atoms with E-state index in [1.54, 1.807) is 12.1 Å². The van der Waals surface area contributed by atoms with Gasteiger partial charge in [-0.15, -0.1) is 0 Å². The molecule has 1 aromatic carbocycles. The van der Waals surface area contributed by atoms with E-state index >= 15 is 0 Å². The van der Waals surface area contributed by atoms with Gasteiger partial charge in [-0.05, 0) is 30.0 Å². The van der Waals surface area contributed by atoms with Crippen LogP contribution in [0.3, 0.4) is 0 Å². The van der Waals surface area contributed by atoms with Crippen LogP contribution >= 0.6 is 23.2 Å². The smallest absolute Gasteiger partial charge is 0.234 e. The van der Waals surface area contributed by atoms with Gasteiger partial charge >= 0.3 is 0 Å². The largest absolute Gasteiger partial charge is 0.371 e. The first-order valence-electron chi connectivity index (χ1n) is 8.58. The number of hydrogen-bond acceptors (Lipinski definition) is 5. The highest BCUT2D eigenvalue weighted by Gasteiger charge is 2.28. The zero-order valence-corrected chi connectivity index (χ0v) is 16.6. The molecule has 2 fully saturated rings. The van der Waals surface area contributed by atoms with E-state index in [1.165, 1.54) is 0 Å². The molecule has 2 saturated heterocycles. The minimum Gasteiger partial charge on any atom is -0.371 e. The Bertz CT molecular complexity index is 772. The number of halogens is 2. The molecule has 9 heteroatoms. The first-order valence-corrected chi connectivity index (χ1v) is 11.2. The van der Waals surface area contributed by atoms with Crippen molar-refractivity contribution in [3.05, 3.63) is 33.8 Å². The average molecular weight is 421 g/mol. The van der Waals surface area contributed by atoms with Gasteiger partial charge in [-0.2, -0.15) is 0 Å². The van der Waals surface area contributed by atoms with E-state index in [0.717, 1.165) is 5.56 Å². The number of carbonyl (C=O) groups is 1. The number of sulfone groups is 1. The summed E-state index contributed by atoms with van der Waals surface area (Å²) in [5, 5.41) is 3.83. The summed E-state index contributed by atoms with van der Waals surface area (Å²) in [7, 11) is -2.91. The SMILES string of the molecule is O=C(CN1CCOC(c2ccc(Cl)c(Cl)c2)C1)NCC1CCS(=O)(=O)C1. The standard InChI is InChI=1S/C17H22Cl2N2O4S/c18-14-2-1-13(7-15(14)19)16-9-21(4-5-25-16)10-17(22)20-8-12-3-6-26(23,24)11-12/h1-2,7,12,16H,3-6,8-11H2,(H,20,22). The van der Waals surface area contributed by atoms with E-state index in [0.29, 0.717) is 42.7 Å². The second kappa shape index (κ2) is 8.44. The van der Waals surface area contributed by atoms with Gasteiger partial charge in [0.1, 0.15) is 0 Å². The molecule has 0 aromatic heterocycles. The Balaban J connectivity index is 1.48. The van der Waals surface area contributed by atoms with Crippen LogP contribution < -0.4 is 5.32 Å². The maximum Gasteiger partial charge on any atom is 0.234 e. The highest BCUT2D eigenvalue weighted by Crippen LogP contribution is 2.29. The molecule has 26 heavy (non-hydrogen) atoms. The third-order valence-electron chi connectivity index (χ3n) is 4.75. The molecular weight excluding hydrogens is 399 g/mol. The third-order valence-corrected chi connectivity index (χ3v) is 7.32. The molecule has 0 radical (unpaired) electrons. The highest BCUT2D eigenvalue weighted by molar-refractivity contribution is 7.91. The molecule has 0 saturated carbocycles. The van der Waals surface area contributed by atoms with Crippen molar-refractivity contribution in [1.29, 1.82) is 0 Å². The average Bonchev–Trinajstić information content (AvgIpc) is 2.95. The third kappa shape index (κ3) is 5.33. The van der Waals surface area contributed by atoms with Gasteiger partial charge in [0.05, 0.1) is 40.8 Å². The van der Waals surface area contributed by atoms with Crippen LogP contribution in [0, 0.1) is 5.92 Å². The fourth-order valence-corrected chi connectivity index (χ4v) is 5.48. The van der Waals surface area contributed by atoms with E-state index in [4.69, 9.17) is 27.9 Å². The van der Waals surface area contributed by atoms with Crippen LogP contribution in [-0.4, -0.2) is 63.5 Å². The van der Waals surface area contributed by atoms with Crippen molar-refractivity contribution in [2.45, 2.75) is 12.5 Å². The maximum absolute atomic E-state index is 12.2. The maximum atomic E-state index is 12.2. The lowest BCUT2D eigenvalue weighted by Crippen LogP contribution is -2.45. The molecule has 1 N–H and O–H groups in total. The monoisotopic (exact) mass is 420 g/mol. The Morgan fingerprint density at radius 1 is 1.31 bits per heavy atom. The van der Waals surface area contributed by atoms with E-state index in [2.05, 4.69) is 5.32 Å². The van der Waals surface area contributed by atoms with Crippen molar-refractivity contribution < 1.29 is 17.9 Å². The van der Waals surface area contributed by atoms with Gasteiger partial charge in [-0.3, -0.25) is 9.69 Å². The zero-order chi connectivity index (χ0) is 18.7. The number of nitrogens with zero attached hydrogens (tertiary/aromatic N) is 1. The predicted molar refractivity (Wildman–Crippen MR) is 101 cm³/mol. The van der Waals surface area contributed by atoms with Crippen molar-refractivity contribution in [3.8, 4) is 0 Å².